The zero-order valence-electron chi connectivity index (χ0n) is 8.59. The third kappa shape index (κ3) is 1.13. The second kappa shape index (κ2) is 3.15. The Kier molecular flexibility index (Phi) is 1.88. The minimum absolute atomic E-state index is 0.0398. The summed E-state index contributed by atoms with van der Waals surface area (Å²) in [5, 5.41) is 8.98. The molecule has 0 saturated heterocycles. The molecule has 0 unspecified atom stereocenters. The summed E-state index contributed by atoms with van der Waals surface area (Å²) in [6.45, 7) is 0.0398. The fourth-order valence-corrected chi connectivity index (χ4v) is 2.25. The number of carbonyl (C=O) groups excluding carboxylic acids is 2. The van der Waals surface area contributed by atoms with Gasteiger partial charge in [-0.25, -0.2) is 0 Å². The van der Waals surface area contributed by atoms with Crippen LogP contribution < -0.4 is 0 Å². The Morgan fingerprint density at radius 1 is 1.19 bits per heavy atom. The van der Waals surface area contributed by atoms with Crippen LogP contribution in [-0.2, 0) is 0 Å². The van der Waals surface area contributed by atoms with E-state index in [0.29, 0.717) is 11.1 Å². The lowest BCUT2D eigenvalue weighted by Gasteiger charge is -2.12. The molecule has 3 rings (SSSR count). The summed E-state index contributed by atoms with van der Waals surface area (Å²) in [5.74, 6) is -0.370. The minimum atomic E-state index is -0.221. The molecule has 16 heavy (non-hydrogen) atoms. The molecule has 0 bridgehead atoms. The van der Waals surface area contributed by atoms with Gasteiger partial charge in [-0.3, -0.25) is 14.5 Å². The van der Waals surface area contributed by atoms with Gasteiger partial charge in [-0.1, -0.05) is 12.1 Å². The predicted octanol–water partition coefficient (Wildman–Crippen LogP) is 0.663. The third-order valence-corrected chi connectivity index (χ3v) is 3.28. The number of rotatable bonds is 2. The van der Waals surface area contributed by atoms with Crippen molar-refractivity contribution in [1.82, 2.24) is 4.90 Å². The SMILES string of the molecule is O=C1c2ccccc2C(=O)N1[C@H]1C[C@@H]1CO. The van der Waals surface area contributed by atoms with Gasteiger partial charge in [0.2, 0.25) is 0 Å². The standard InChI is InChI=1S/C12H11NO3/c14-6-7-5-10(7)13-11(15)8-3-1-2-4-9(8)12(13)16/h1-4,7,10,14H,5-6H2/t7-,10+/m1/s1. The molecule has 2 amide bonds. The van der Waals surface area contributed by atoms with Gasteiger partial charge in [0.15, 0.2) is 0 Å². The highest BCUT2D eigenvalue weighted by Gasteiger charge is 2.50. The van der Waals surface area contributed by atoms with E-state index in [1.807, 2.05) is 0 Å². The zero-order valence-corrected chi connectivity index (χ0v) is 8.59. The predicted molar refractivity (Wildman–Crippen MR) is 55.9 cm³/mol. The van der Waals surface area contributed by atoms with Crippen LogP contribution in [0.4, 0.5) is 0 Å². The largest absolute Gasteiger partial charge is 0.396 e. The van der Waals surface area contributed by atoms with Crippen LogP contribution in [0.1, 0.15) is 27.1 Å². The molecule has 4 nitrogen and oxygen atoms in total. The summed E-state index contributed by atoms with van der Waals surface area (Å²) in [6, 6.07) is 6.75. The van der Waals surface area contributed by atoms with E-state index in [1.54, 1.807) is 24.3 Å². The van der Waals surface area contributed by atoms with E-state index in [4.69, 9.17) is 5.11 Å². The Morgan fingerprint density at radius 3 is 2.19 bits per heavy atom. The monoisotopic (exact) mass is 217 g/mol. The maximum atomic E-state index is 12.0. The summed E-state index contributed by atoms with van der Waals surface area (Å²) < 4.78 is 0. The lowest BCUT2D eigenvalue weighted by atomic mass is 10.1. The third-order valence-electron chi connectivity index (χ3n) is 3.28. The van der Waals surface area contributed by atoms with Crippen molar-refractivity contribution in [2.45, 2.75) is 12.5 Å². The van der Waals surface area contributed by atoms with Crippen molar-refractivity contribution >= 4 is 11.8 Å². The highest BCUT2D eigenvalue weighted by molar-refractivity contribution is 6.21. The Morgan fingerprint density at radius 2 is 1.75 bits per heavy atom. The Hall–Kier alpha value is -1.68. The van der Waals surface area contributed by atoms with Crippen LogP contribution in [0.5, 0.6) is 0 Å². The van der Waals surface area contributed by atoms with Gasteiger partial charge in [-0.15, -0.1) is 0 Å². The van der Waals surface area contributed by atoms with Crippen LogP contribution in [0.25, 0.3) is 0 Å². The van der Waals surface area contributed by atoms with E-state index in [9.17, 15) is 9.59 Å². The number of aliphatic hydroxyl groups excluding tert-OH is 1. The molecule has 0 aromatic heterocycles. The van der Waals surface area contributed by atoms with Crippen molar-refractivity contribution in [2.75, 3.05) is 6.61 Å². The maximum absolute atomic E-state index is 12.0. The summed E-state index contributed by atoms with van der Waals surface area (Å²) in [5.41, 5.74) is 0.965. The number of carbonyl (C=O) groups is 2. The summed E-state index contributed by atoms with van der Waals surface area (Å²) in [4.78, 5) is 25.2. The average molecular weight is 217 g/mol. The summed E-state index contributed by atoms with van der Waals surface area (Å²) in [7, 11) is 0. The van der Waals surface area contributed by atoms with E-state index in [1.165, 1.54) is 4.90 Å². The van der Waals surface area contributed by atoms with E-state index < -0.39 is 0 Å². The second-order valence-electron chi connectivity index (χ2n) is 4.27. The first-order chi connectivity index (χ1) is 7.74. The van der Waals surface area contributed by atoms with Gasteiger partial charge in [0.1, 0.15) is 0 Å². The van der Waals surface area contributed by atoms with Crippen LogP contribution >= 0.6 is 0 Å². The fourth-order valence-electron chi connectivity index (χ4n) is 2.25. The fraction of sp³-hybridized carbons (Fsp3) is 0.333. The van der Waals surface area contributed by atoms with Gasteiger partial charge >= 0.3 is 0 Å². The molecular formula is C12H11NO3. The van der Waals surface area contributed by atoms with Crippen LogP contribution in [-0.4, -0.2) is 34.5 Å². The lowest BCUT2D eigenvalue weighted by Crippen LogP contribution is -2.33. The first kappa shape index (κ1) is 9.54. The maximum Gasteiger partial charge on any atom is 0.261 e. The molecule has 1 N–H and O–H groups in total. The number of fused-ring (bicyclic) bond motifs is 1. The second-order valence-corrected chi connectivity index (χ2v) is 4.27. The van der Waals surface area contributed by atoms with Crippen molar-refractivity contribution in [3.05, 3.63) is 35.4 Å². The molecule has 1 aliphatic heterocycles. The van der Waals surface area contributed by atoms with Gasteiger partial charge in [0.25, 0.3) is 11.8 Å². The topological polar surface area (TPSA) is 57.6 Å². The summed E-state index contributed by atoms with van der Waals surface area (Å²) >= 11 is 0. The molecule has 2 aliphatic rings. The quantitative estimate of drug-likeness (QED) is 0.740. The Labute approximate surface area is 92.5 Å². The highest BCUT2D eigenvalue weighted by Crippen LogP contribution is 2.39. The highest BCUT2D eigenvalue weighted by atomic mass is 16.3. The van der Waals surface area contributed by atoms with Gasteiger partial charge < -0.3 is 5.11 Å². The van der Waals surface area contributed by atoms with Crippen molar-refractivity contribution in [1.29, 1.82) is 0 Å². The van der Waals surface area contributed by atoms with Crippen molar-refractivity contribution in [2.24, 2.45) is 5.92 Å². The first-order valence-electron chi connectivity index (χ1n) is 5.32. The molecular weight excluding hydrogens is 206 g/mol. The molecule has 1 heterocycles. The summed E-state index contributed by atoms with van der Waals surface area (Å²) in [6.07, 6.45) is 0.724. The number of amides is 2. The normalized spacial score (nSPS) is 27.2. The number of benzene rings is 1. The molecule has 1 aromatic carbocycles. The molecule has 1 fully saturated rings. The molecule has 0 radical (unpaired) electrons. The molecule has 1 saturated carbocycles. The molecule has 1 aliphatic carbocycles. The lowest BCUT2D eigenvalue weighted by molar-refractivity contribution is 0.0629. The molecule has 82 valence electrons. The Bertz CT molecular complexity index is 448. The molecule has 2 atom stereocenters. The van der Waals surface area contributed by atoms with Crippen LogP contribution in [0.3, 0.4) is 0 Å². The number of imide groups is 1. The molecule has 0 spiro atoms. The van der Waals surface area contributed by atoms with Gasteiger partial charge in [-0.2, -0.15) is 0 Å². The number of nitrogens with zero attached hydrogens (tertiary/aromatic N) is 1. The number of hydrogen-bond donors (Lipinski definition) is 1. The minimum Gasteiger partial charge on any atom is -0.396 e. The van der Waals surface area contributed by atoms with Crippen molar-refractivity contribution < 1.29 is 14.7 Å². The zero-order chi connectivity index (χ0) is 11.3. The molecule has 4 heteroatoms. The van der Waals surface area contributed by atoms with Crippen molar-refractivity contribution in [3.63, 3.8) is 0 Å². The Balaban J connectivity index is 1.96. The number of aliphatic hydroxyl groups is 1. The van der Waals surface area contributed by atoms with E-state index in [2.05, 4.69) is 0 Å². The van der Waals surface area contributed by atoms with Gasteiger partial charge in [0, 0.05) is 18.6 Å². The number of hydrogen-bond acceptors (Lipinski definition) is 3. The average Bonchev–Trinajstić information content (AvgIpc) is 3.03. The molecule has 1 aromatic rings. The van der Waals surface area contributed by atoms with Crippen LogP contribution in [0.2, 0.25) is 0 Å². The first-order valence-corrected chi connectivity index (χ1v) is 5.32. The van der Waals surface area contributed by atoms with E-state index in [-0.39, 0.29) is 30.4 Å². The van der Waals surface area contributed by atoms with Crippen molar-refractivity contribution in [3.8, 4) is 0 Å². The van der Waals surface area contributed by atoms with Gasteiger partial charge in [-0.05, 0) is 18.6 Å². The van der Waals surface area contributed by atoms with E-state index >= 15 is 0 Å². The smallest absolute Gasteiger partial charge is 0.261 e. The van der Waals surface area contributed by atoms with Crippen LogP contribution in [0.15, 0.2) is 24.3 Å². The van der Waals surface area contributed by atoms with Crippen LogP contribution in [0, 0.1) is 5.92 Å². The van der Waals surface area contributed by atoms with E-state index in [0.717, 1.165) is 6.42 Å². The van der Waals surface area contributed by atoms with Gasteiger partial charge in [0.05, 0.1) is 11.1 Å².